The smallest absolute Gasteiger partial charge is 0.234 e. The summed E-state index contributed by atoms with van der Waals surface area (Å²) in [5.74, 6) is -1.60. The second-order valence-corrected chi connectivity index (χ2v) is 7.02. The summed E-state index contributed by atoms with van der Waals surface area (Å²) in [5, 5.41) is -0.330. The van der Waals surface area contributed by atoms with E-state index in [-0.39, 0.29) is 35.0 Å². The first-order valence-electron chi connectivity index (χ1n) is 6.75. The van der Waals surface area contributed by atoms with Crippen LogP contribution in [0, 0.1) is 17.5 Å². The lowest BCUT2D eigenvalue weighted by atomic mass is 10.1. The molecule has 7 heteroatoms. The average Bonchev–Trinajstić information content (AvgIpc) is 2.86. The minimum Gasteiger partial charge on any atom is -0.321 e. The third-order valence-corrected chi connectivity index (χ3v) is 5.42. The van der Waals surface area contributed by atoms with Crippen LogP contribution in [-0.2, 0) is 11.3 Å². The number of halogens is 4. The molecule has 0 spiro atoms. The van der Waals surface area contributed by atoms with Crippen molar-refractivity contribution >= 4 is 33.6 Å². The maximum absolute atomic E-state index is 13.8. The molecule has 0 N–H and O–H groups in total. The van der Waals surface area contributed by atoms with Crippen LogP contribution >= 0.6 is 27.7 Å². The number of carbonyl (C=O) groups excluding carboxylic acids is 1. The maximum Gasteiger partial charge on any atom is 0.234 e. The van der Waals surface area contributed by atoms with Gasteiger partial charge in [0.1, 0.15) is 22.8 Å². The molecule has 2 aromatic carbocycles. The molecule has 1 saturated heterocycles. The van der Waals surface area contributed by atoms with Crippen molar-refractivity contribution in [2.24, 2.45) is 0 Å². The zero-order valence-corrected chi connectivity index (χ0v) is 14.1. The van der Waals surface area contributed by atoms with Crippen LogP contribution in [0.4, 0.5) is 13.2 Å². The average molecular weight is 402 g/mol. The summed E-state index contributed by atoms with van der Waals surface area (Å²) in [5.41, 5.74) is 0.991. The number of nitrogens with zero attached hydrogens (tertiary/aromatic N) is 1. The molecule has 1 amide bonds. The van der Waals surface area contributed by atoms with Gasteiger partial charge in [-0.3, -0.25) is 4.79 Å². The van der Waals surface area contributed by atoms with Gasteiger partial charge in [0.05, 0.1) is 10.2 Å². The summed E-state index contributed by atoms with van der Waals surface area (Å²) in [6, 6.07) is 7.82. The van der Waals surface area contributed by atoms with Gasteiger partial charge in [-0.1, -0.05) is 12.1 Å². The number of thioether (sulfide) groups is 1. The van der Waals surface area contributed by atoms with E-state index in [2.05, 4.69) is 15.9 Å². The van der Waals surface area contributed by atoms with E-state index in [0.29, 0.717) is 4.47 Å². The van der Waals surface area contributed by atoms with Gasteiger partial charge in [0.2, 0.25) is 5.91 Å². The SMILES string of the molecule is O=C1CSC(c2ccc(F)c(Br)c2)N1Cc1ccc(F)cc1F. The number of hydrogen-bond acceptors (Lipinski definition) is 2. The molecule has 1 aliphatic rings. The standard InChI is InChI=1S/C16H11BrF3NOS/c17-12-5-9(2-4-13(12)19)16-21(15(22)8-23-16)7-10-1-3-11(18)6-14(10)20/h1-6,16H,7-8H2. The van der Waals surface area contributed by atoms with E-state index in [1.807, 2.05) is 0 Å². The highest BCUT2D eigenvalue weighted by Gasteiger charge is 2.33. The van der Waals surface area contributed by atoms with Gasteiger partial charge in [-0.2, -0.15) is 0 Å². The number of benzene rings is 2. The Balaban J connectivity index is 1.89. The Labute approximate surface area is 143 Å². The molecule has 2 nitrogen and oxygen atoms in total. The fraction of sp³-hybridized carbons (Fsp3) is 0.188. The topological polar surface area (TPSA) is 20.3 Å². The van der Waals surface area contributed by atoms with Gasteiger partial charge >= 0.3 is 0 Å². The summed E-state index contributed by atoms with van der Waals surface area (Å²) < 4.78 is 40.5. The maximum atomic E-state index is 13.8. The van der Waals surface area contributed by atoms with Gasteiger partial charge in [0.15, 0.2) is 0 Å². The molecule has 3 rings (SSSR count). The highest BCUT2D eigenvalue weighted by atomic mass is 79.9. The first-order chi connectivity index (χ1) is 11.0. The minimum atomic E-state index is -0.686. The fourth-order valence-corrected chi connectivity index (χ4v) is 3.97. The summed E-state index contributed by atoms with van der Waals surface area (Å²) in [4.78, 5) is 13.6. The van der Waals surface area contributed by atoms with Crippen molar-refractivity contribution in [1.82, 2.24) is 4.90 Å². The van der Waals surface area contributed by atoms with Gasteiger partial charge in [-0.05, 0) is 39.7 Å². The molecule has 23 heavy (non-hydrogen) atoms. The molecule has 1 atom stereocenters. The predicted octanol–water partition coefficient (Wildman–Crippen LogP) is 4.64. The lowest BCUT2D eigenvalue weighted by Gasteiger charge is -2.24. The number of carbonyl (C=O) groups is 1. The lowest BCUT2D eigenvalue weighted by Crippen LogP contribution is -2.28. The highest BCUT2D eigenvalue weighted by Crippen LogP contribution is 2.40. The van der Waals surface area contributed by atoms with Gasteiger partial charge in [0.25, 0.3) is 0 Å². The van der Waals surface area contributed by atoms with Crippen LogP contribution in [0.15, 0.2) is 40.9 Å². The zero-order chi connectivity index (χ0) is 16.6. The van der Waals surface area contributed by atoms with Crippen molar-refractivity contribution in [3.63, 3.8) is 0 Å². The molecule has 0 radical (unpaired) electrons. The van der Waals surface area contributed by atoms with Crippen LogP contribution in [0.3, 0.4) is 0 Å². The number of rotatable bonds is 3. The third kappa shape index (κ3) is 3.40. The zero-order valence-electron chi connectivity index (χ0n) is 11.7. The Morgan fingerprint density at radius 1 is 1.13 bits per heavy atom. The van der Waals surface area contributed by atoms with E-state index in [9.17, 15) is 18.0 Å². The Hall–Kier alpha value is -1.47. The molecule has 0 bridgehead atoms. The van der Waals surface area contributed by atoms with E-state index < -0.39 is 11.6 Å². The normalized spacial score (nSPS) is 17.8. The second-order valence-electron chi connectivity index (χ2n) is 5.09. The Morgan fingerprint density at radius 3 is 2.61 bits per heavy atom. The first kappa shape index (κ1) is 16.4. The van der Waals surface area contributed by atoms with Crippen LogP contribution in [-0.4, -0.2) is 16.6 Å². The summed E-state index contributed by atoms with van der Waals surface area (Å²) in [6.45, 7) is 0.0393. The molecule has 0 saturated carbocycles. The quantitative estimate of drug-likeness (QED) is 0.746. The van der Waals surface area contributed by atoms with Gasteiger partial charge in [-0.15, -0.1) is 11.8 Å². The summed E-state index contributed by atoms with van der Waals surface area (Å²) in [6.07, 6.45) is 0. The Kier molecular flexibility index (Phi) is 4.68. The van der Waals surface area contributed by atoms with E-state index in [0.717, 1.165) is 17.7 Å². The molecule has 0 aromatic heterocycles. The van der Waals surface area contributed by atoms with Crippen LogP contribution < -0.4 is 0 Å². The van der Waals surface area contributed by atoms with Crippen LogP contribution in [0.25, 0.3) is 0 Å². The molecular weight excluding hydrogens is 391 g/mol. The first-order valence-corrected chi connectivity index (χ1v) is 8.60. The summed E-state index contributed by atoms with van der Waals surface area (Å²) in [7, 11) is 0. The van der Waals surface area contributed by atoms with Crippen molar-refractivity contribution in [1.29, 1.82) is 0 Å². The largest absolute Gasteiger partial charge is 0.321 e. The van der Waals surface area contributed by atoms with E-state index in [4.69, 9.17) is 0 Å². The van der Waals surface area contributed by atoms with Gasteiger partial charge < -0.3 is 4.90 Å². The molecule has 120 valence electrons. The van der Waals surface area contributed by atoms with Crippen LogP contribution in [0.2, 0.25) is 0 Å². The van der Waals surface area contributed by atoms with Crippen LogP contribution in [0.1, 0.15) is 16.5 Å². The van der Waals surface area contributed by atoms with Gasteiger partial charge in [-0.25, -0.2) is 13.2 Å². The molecule has 1 aliphatic heterocycles. The van der Waals surface area contributed by atoms with E-state index in [1.165, 1.54) is 28.8 Å². The number of amides is 1. The van der Waals surface area contributed by atoms with Crippen molar-refractivity contribution in [3.8, 4) is 0 Å². The van der Waals surface area contributed by atoms with Crippen molar-refractivity contribution in [2.75, 3.05) is 5.75 Å². The highest BCUT2D eigenvalue weighted by molar-refractivity contribution is 9.10. The van der Waals surface area contributed by atoms with Crippen molar-refractivity contribution < 1.29 is 18.0 Å². The van der Waals surface area contributed by atoms with Crippen LogP contribution in [0.5, 0.6) is 0 Å². The van der Waals surface area contributed by atoms with Crippen molar-refractivity contribution in [2.45, 2.75) is 11.9 Å². The molecule has 1 fully saturated rings. The Morgan fingerprint density at radius 2 is 1.91 bits per heavy atom. The van der Waals surface area contributed by atoms with E-state index in [1.54, 1.807) is 12.1 Å². The molecule has 1 heterocycles. The number of hydrogen-bond donors (Lipinski definition) is 0. The summed E-state index contributed by atoms with van der Waals surface area (Å²) >= 11 is 4.52. The molecular formula is C16H11BrF3NOS. The third-order valence-electron chi connectivity index (χ3n) is 3.55. The minimum absolute atomic E-state index is 0.0393. The predicted molar refractivity (Wildman–Crippen MR) is 86.2 cm³/mol. The Bertz CT molecular complexity index is 771. The van der Waals surface area contributed by atoms with Gasteiger partial charge in [0, 0.05) is 18.2 Å². The fourth-order valence-electron chi connectivity index (χ4n) is 2.40. The molecule has 0 aliphatic carbocycles. The van der Waals surface area contributed by atoms with Crippen molar-refractivity contribution in [3.05, 3.63) is 69.4 Å². The lowest BCUT2D eigenvalue weighted by molar-refractivity contribution is -0.128. The monoisotopic (exact) mass is 401 g/mol. The molecule has 1 unspecified atom stereocenters. The van der Waals surface area contributed by atoms with E-state index >= 15 is 0 Å². The molecule has 2 aromatic rings. The second kappa shape index (κ2) is 6.57.